The van der Waals surface area contributed by atoms with E-state index in [2.05, 4.69) is 10.3 Å². The summed E-state index contributed by atoms with van der Waals surface area (Å²) in [7, 11) is 0. The zero-order chi connectivity index (χ0) is 20.8. The van der Waals surface area contributed by atoms with Crippen LogP contribution in [-0.4, -0.2) is 34.0 Å². The third kappa shape index (κ3) is 4.25. The van der Waals surface area contributed by atoms with Crippen LogP contribution in [0.5, 0.6) is 0 Å². The molecule has 29 heavy (non-hydrogen) atoms. The zero-order valence-electron chi connectivity index (χ0n) is 16.2. The number of carbonyl (C=O) groups excluding carboxylic acids is 2. The number of hydrogen-bond acceptors (Lipinski definition) is 6. The second-order valence-corrected chi connectivity index (χ2v) is 9.92. The Morgan fingerprint density at radius 3 is 2.79 bits per heavy atom. The zero-order valence-corrected chi connectivity index (χ0v) is 17.9. The maximum atomic E-state index is 13.9. The summed E-state index contributed by atoms with van der Waals surface area (Å²) in [4.78, 5) is 32.4. The highest BCUT2D eigenvalue weighted by atomic mass is 32.1. The monoisotopic (exact) mass is 433 g/mol. The number of nitrogens with zero attached hydrogens (tertiary/aromatic N) is 2. The number of ether oxygens (including phenoxy) is 1. The molecule has 9 heteroatoms. The van der Waals surface area contributed by atoms with Crippen LogP contribution < -0.4 is 5.32 Å². The van der Waals surface area contributed by atoms with Gasteiger partial charge in [-0.25, -0.2) is 14.2 Å². The molecule has 0 unspecified atom stereocenters. The fourth-order valence-electron chi connectivity index (χ4n) is 3.03. The van der Waals surface area contributed by atoms with Crippen molar-refractivity contribution in [1.29, 1.82) is 0 Å². The van der Waals surface area contributed by atoms with E-state index in [0.29, 0.717) is 34.9 Å². The van der Waals surface area contributed by atoms with E-state index < -0.39 is 5.60 Å². The Bertz CT molecular complexity index is 1100. The van der Waals surface area contributed by atoms with Crippen molar-refractivity contribution in [1.82, 2.24) is 9.88 Å². The summed E-state index contributed by atoms with van der Waals surface area (Å²) in [6.45, 7) is 6.43. The molecule has 152 valence electrons. The predicted molar refractivity (Wildman–Crippen MR) is 112 cm³/mol. The van der Waals surface area contributed by atoms with Gasteiger partial charge in [-0.1, -0.05) is 17.4 Å². The molecule has 1 aromatic carbocycles. The lowest BCUT2D eigenvalue weighted by molar-refractivity contribution is 0.0225. The Labute approximate surface area is 175 Å². The minimum Gasteiger partial charge on any atom is -0.444 e. The van der Waals surface area contributed by atoms with E-state index in [1.165, 1.54) is 28.7 Å². The Kier molecular flexibility index (Phi) is 5.04. The molecule has 0 radical (unpaired) electrons. The molecule has 0 saturated heterocycles. The van der Waals surface area contributed by atoms with E-state index in [0.717, 1.165) is 15.3 Å². The van der Waals surface area contributed by atoms with Gasteiger partial charge in [-0.2, -0.15) is 0 Å². The fourth-order valence-corrected chi connectivity index (χ4v) is 5.02. The number of aromatic nitrogens is 1. The number of hydrogen-bond donors (Lipinski definition) is 1. The van der Waals surface area contributed by atoms with Crippen molar-refractivity contribution in [3.05, 3.63) is 45.5 Å². The van der Waals surface area contributed by atoms with Crippen molar-refractivity contribution in [3.8, 4) is 0 Å². The first-order chi connectivity index (χ1) is 13.7. The number of thiophene rings is 1. The van der Waals surface area contributed by atoms with Crippen molar-refractivity contribution in [2.75, 3.05) is 11.9 Å². The summed E-state index contributed by atoms with van der Waals surface area (Å²) in [6, 6.07) is 6.35. The van der Waals surface area contributed by atoms with Crippen LogP contribution in [0.2, 0.25) is 0 Å². The lowest BCUT2D eigenvalue weighted by atomic mass is 10.2. The van der Waals surface area contributed by atoms with Gasteiger partial charge >= 0.3 is 6.09 Å². The van der Waals surface area contributed by atoms with E-state index >= 15 is 0 Å². The van der Waals surface area contributed by atoms with Crippen LogP contribution in [0.15, 0.2) is 24.3 Å². The minimum atomic E-state index is -0.548. The Balaban J connectivity index is 1.47. The third-order valence-corrected chi connectivity index (χ3v) is 6.43. The van der Waals surface area contributed by atoms with Gasteiger partial charge in [0.05, 0.1) is 17.1 Å². The second kappa shape index (κ2) is 7.38. The van der Waals surface area contributed by atoms with Crippen LogP contribution in [0.4, 0.5) is 14.3 Å². The molecule has 3 heterocycles. The standard InChI is InChI=1S/C20H20FN3O3S2/c1-20(2,3)27-19(26)24-8-7-13-16(10-24)29-18(22-13)23-17(25)15-9-11-12(21)5-4-6-14(11)28-15/h4-6,9H,7-8,10H2,1-3H3,(H,22,23,25). The molecule has 0 saturated carbocycles. The first-order valence-electron chi connectivity index (χ1n) is 9.15. The van der Waals surface area contributed by atoms with Crippen molar-refractivity contribution in [3.63, 3.8) is 0 Å². The second-order valence-electron chi connectivity index (χ2n) is 7.76. The SMILES string of the molecule is CC(C)(C)OC(=O)N1CCc2nc(NC(=O)c3cc4c(F)cccc4s3)sc2C1. The van der Waals surface area contributed by atoms with Crippen LogP contribution in [0.3, 0.4) is 0 Å². The van der Waals surface area contributed by atoms with Crippen molar-refractivity contribution in [2.24, 2.45) is 0 Å². The molecule has 2 amide bonds. The molecule has 0 fully saturated rings. The molecule has 2 aromatic heterocycles. The maximum absolute atomic E-state index is 13.9. The van der Waals surface area contributed by atoms with E-state index in [-0.39, 0.29) is 17.8 Å². The molecule has 1 aliphatic heterocycles. The van der Waals surface area contributed by atoms with Gasteiger partial charge in [-0.3, -0.25) is 10.1 Å². The Hall–Kier alpha value is -2.52. The minimum absolute atomic E-state index is 0.319. The van der Waals surface area contributed by atoms with Gasteiger partial charge in [-0.15, -0.1) is 11.3 Å². The van der Waals surface area contributed by atoms with Gasteiger partial charge in [0.25, 0.3) is 5.91 Å². The number of halogens is 1. The van der Waals surface area contributed by atoms with Crippen LogP contribution in [-0.2, 0) is 17.7 Å². The summed E-state index contributed by atoms with van der Waals surface area (Å²) in [5.74, 6) is -0.662. The van der Waals surface area contributed by atoms with Crippen LogP contribution in [0.1, 0.15) is 41.0 Å². The summed E-state index contributed by atoms with van der Waals surface area (Å²) in [5.41, 5.74) is 0.334. The average molecular weight is 434 g/mol. The molecule has 6 nitrogen and oxygen atoms in total. The van der Waals surface area contributed by atoms with Crippen LogP contribution in [0, 0.1) is 5.82 Å². The summed E-state index contributed by atoms with van der Waals surface area (Å²) >= 11 is 2.58. The predicted octanol–water partition coefficient (Wildman–Crippen LogP) is 5.04. The Morgan fingerprint density at radius 2 is 2.07 bits per heavy atom. The van der Waals surface area contributed by atoms with E-state index in [4.69, 9.17) is 4.74 Å². The number of fused-ring (bicyclic) bond motifs is 2. The number of carbonyl (C=O) groups is 2. The van der Waals surface area contributed by atoms with Crippen molar-refractivity contribution in [2.45, 2.75) is 39.3 Å². The molecule has 0 aliphatic carbocycles. The highest BCUT2D eigenvalue weighted by Crippen LogP contribution is 2.31. The quantitative estimate of drug-likeness (QED) is 0.614. The number of rotatable bonds is 2. The molecule has 3 aromatic rings. The highest BCUT2D eigenvalue weighted by Gasteiger charge is 2.28. The first-order valence-corrected chi connectivity index (χ1v) is 10.8. The van der Waals surface area contributed by atoms with Crippen LogP contribution in [0.25, 0.3) is 10.1 Å². The summed E-state index contributed by atoms with van der Waals surface area (Å²) < 4.78 is 20.0. The maximum Gasteiger partial charge on any atom is 0.410 e. The third-order valence-electron chi connectivity index (χ3n) is 4.34. The topological polar surface area (TPSA) is 71.5 Å². The summed E-state index contributed by atoms with van der Waals surface area (Å²) in [5, 5.41) is 3.71. The molecule has 0 atom stereocenters. The number of amides is 2. The normalized spacial score (nSPS) is 14.0. The van der Waals surface area contributed by atoms with Gasteiger partial charge in [0.15, 0.2) is 5.13 Å². The fraction of sp³-hybridized carbons (Fsp3) is 0.350. The largest absolute Gasteiger partial charge is 0.444 e. The number of anilines is 1. The Morgan fingerprint density at radius 1 is 1.28 bits per heavy atom. The molecule has 0 spiro atoms. The van der Waals surface area contributed by atoms with E-state index in [1.807, 2.05) is 20.8 Å². The van der Waals surface area contributed by atoms with Gasteiger partial charge in [-0.05, 0) is 39.0 Å². The van der Waals surface area contributed by atoms with Crippen LogP contribution >= 0.6 is 22.7 Å². The number of thiazole rings is 1. The van der Waals surface area contributed by atoms with E-state index in [9.17, 15) is 14.0 Å². The highest BCUT2D eigenvalue weighted by molar-refractivity contribution is 7.21. The first kappa shape index (κ1) is 19.8. The lowest BCUT2D eigenvalue weighted by Gasteiger charge is -2.29. The molecular formula is C20H20FN3O3S2. The molecule has 1 aliphatic rings. The summed E-state index contributed by atoms with van der Waals surface area (Å²) in [6.07, 6.45) is 0.254. The smallest absolute Gasteiger partial charge is 0.410 e. The lowest BCUT2D eigenvalue weighted by Crippen LogP contribution is -2.39. The van der Waals surface area contributed by atoms with Crippen molar-refractivity contribution < 1.29 is 18.7 Å². The van der Waals surface area contributed by atoms with Gasteiger partial charge in [0.2, 0.25) is 0 Å². The molecular weight excluding hydrogens is 413 g/mol. The van der Waals surface area contributed by atoms with Gasteiger partial charge in [0, 0.05) is 27.9 Å². The number of benzene rings is 1. The van der Waals surface area contributed by atoms with Crippen molar-refractivity contribution >= 4 is 49.9 Å². The van der Waals surface area contributed by atoms with Gasteiger partial charge in [0.1, 0.15) is 11.4 Å². The average Bonchev–Trinajstić information content (AvgIpc) is 3.23. The molecule has 0 bridgehead atoms. The molecule has 4 rings (SSSR count). The molecule has 1 N–H and O–H groups in total. The van der Waals surface area contributed by atoms with E-state index in [1.54, 1.807) is 23.1 Å². The van der Waals surface area contributed by atoms with Gasteiger partial charge < -0.3 is 9.64 Å². The number of nitrogens with one attached hydrogen (secondary N) is 1.